The molecule has 2 nitrogen and oxygen atoms in total. The lowest BCUT2D eigenvalue weighted by Crippen LogP contribution is -2.27. The van der Waals surface area contributed by atoms with Crippen LogP contribution < -0.4 is 0 Å². The summed E-state index contributed by atoms with van der Waals surface area (Å²) in [6.07, 6.45) is 3.18. The first-order valence-corrected chi connectivity index (χ1v) is 3.58. The molecule has 2 heteroatoms. The maximum Gasteiger partial charge on any atom is 0.113 e. The number of aliphatic hydroxyl groups excluding tert-OH is 1. The summed E-state index contributed by atoms with van der Waals surface area (Å²) in [5.74, 6) is 0. The smallest absolute Gasteiger partial charge is 0.113 e. The lowest BCUT2D eigenvalue weighted by atomic mass is 9.89. The molecule has 1 saturated heterocycles. The van der Waals surface area contributed by atoms with Crippen LogP contribution in [0.3, 0.4) is 0 Å². The van der Waals surface area contributed by atoms with Crippen LogP contribution in [0.5, 0.6) is 0 Å². The zero-order valence-electron chi connectivity index (χ0n) is 5.63. The lowest BCUT2D eigenvalue weighted by molar-refractivity contribution is 0.123. The van der Waals surface area contributed by atoms with Crippen LogP contribution in [-0.2, 0) is 4.74 Å². The van der Waals surface area contributed by atoms with E-state index in [1.54, 1.807) is 0 Å². The van der Waals surface area contributed by atoms with Gasteiger partial charge in [-0.2, -0.15) is 0 Å². The van der Waals surface area contributed by atoms with Crippen molar-refractivity contribution >= 4 is 0 Å². The van der Waals surface area contributed by atoms with Gasteiger partial charge in [-0.15, -0.1) is 0 Å². The summed E-state index contributed by atoms with van der Waals surface area (Å²) in [5.41, 5.74) is 0.0671. The van der Waals surface area contributed by atoms with E-state index in [2.05, 4.69) is 6.92 Å². The van der Waals surface area contributed by atoms with Crippen LogP contribution in [-0.4, -0.2) is 22.9 Å². The molecular formula is C7H12O2. The van der Waals surface area contributed by atoms with Gasteiger partial charge in [0.15, 0.2) is 0 Å². The Kier molecular flexibility index (Phi) is 0.945. The molecule has 9 heavy (non-hydrogen) atoms. The van der Waals surface area contributed by atoms with E-state index in [4.69, 9.17) is 4.74 Å². The van der Waals surface area contributed by atoms with Crippen LogP contribution in [0.4, 0.5) is 0 Å². The van der Waals surface area contributed by atoms with Crippen molar-refractivity contribution < 1.29 is 9.84 Å². The van der Waals surface area contributed by atoms with Gasteiger partial charge in [-0.25, -0.2) is 0 Å². The van der Waals surface area contributed by atoms with Gasteiger partial charge in [-0.3, -0.25) is 0 Å². The van der Waals surface area contributed by atoms with E-state index in [9.17, 15) is 5.11 Å². The molecule has 0 spiro atoms. The topological polar surface area (TPSA) is 32.8 Å². The van der Waals surface area contributed by atoms with Crippen molar-refractivity contribution in [3.8, 4) is 0 Å². The normalized spacial score (nSPS) is 56.7. The Morgan fingerprint density at radius 3 is 3.00 bits per heavy atom. The Labute approximate surface area is 54.8 Å². The molecular weight excluding hydrogens is 116 g/mol. The molecule has 0 aromatic heterocycles. The van der Waals surface area contributed by atoms with Crippen LogP contribution in [0.2, 0.25) is 0 Å². The van der Waals surface area contributed by atoms with Gasteiger partial charge >= 0.3 is 0 Å². The predicted octanol–water partition coefficient (Wildman–Crippen LogP) is 0.689. The number of ether oxygens (including phenoxy) is 1. The van der Waals surface area contributed by atoms with E-state index in [0.29, 0.717) is 0 Å². The molecule has 0 aromatic carbocycles. The molecule has 0 bridgehead atoms. The Hall–Kier alpha value is -0.0800. The second-order valence-corrected chi connectivity index (χ2v) is 3.31. The van der Waals surface area contributed by atoms with E-state index in [1.165, 1.54) is 0 Å². The number of hydrogen-bond donors (Lipinski definition) is 1. The zero-order valence-corrected chi connectivity index (χ0v) is 5.63. The van der Waals surface area contributed by atoms with Crippen molar-refractivity contribution in [2.75, 3.05) is 0 Å². The molecule has 0 unspecified atom stereocenters. The largest absolute Gasteiger partial charge is 0.390 e. The monoisotopic (exact) mass is 128 g/mol. The van der Waals surface area contributed by atoms with Crippen molar-refractivity contribution in [3.63, 3.8) is 0 Å². The molecule has 0 amide bonds. The Balaban J connectivity index is 2.07. The molecule has 52 valence electrons. The third kappa shape index (κ3) is 0.700. The predicted molar refractivity (Wildman–Crippen MR) is 33.1 cm³/mol. The molecule has 2 fully saturated rings. The van der Waals surface area contributed by atoms with Crippen LogP contribution in [0.1, 0.15) is 26.2 Å². The maximum atomic E-state index is 9.26. The van der Waals surface area contributed by atoms with Crippen molar-refractivity contribution in [1.29, 1.82) is 0 Å². The summed E-state index contributed by atoms with van der Waals surface area (Å²) in [6, 6.07) is 0. The summed E-state index contributed by atoms with van der Waals surface area (Å²) < 4.78 is 5.33. The first kappa shape index (κ1) is 5.69. The molecule has 3 atom stereocenters. The van der Waals surface area contributed by atoms with Gasteiger partial charge < -0.3 is 9.84 Å². The van der Waals surface area contributed by atoms with E-state index in [-0.39, 0.29) is 17.8 Å². The second kappa shape index (κ2) is 1.50. The van der Waals surface area contributed by atoms with Gasteiger partial charge in [0.2, 0.25) is 0 Å². The lowest BCUT2D eigenvalue weighted by Gasteiger charge is -2.16. The minimum atomic E-state index is -0.177. The first-order valence-electron chi connectivity index (χ1n) is 3.58. The van der Waals surface area contributed by atoms with Gasteiger partial charge in [0.25, 0.3) is 0 Å². The van der Waals surface area contributed by atoms with Crippen LogP contribution in [0.25, 0.3) is 0 Å². The van der Waals surface area contributed by atoms with Crippen LogP contribution >= 0.6 is 0 Å². The molecule has 1 heterocycles. The first-order chi connectivity index (χ1) is 4.22. The van der Waals surface area contributed by atoms with Gasteiger partial charge in [0.05, 0.1) is 11.7 Å². The van der Waals surface area contributed by atoms with E-state index < -0.39 is 0 Å². The number of epoxide rings is 1. The van der Waals surface area contributed by atoms with Gasteiger partial charge in [0, 0.05) is 0 Å². The summed E-state index contributed by atoms with van der Waals surface area (Å²) in [6.45, 7) is 2.08. The number of hydrogen-bond acceptors (Lipinski definition) is 2. The van der Waals surface area contributed by atoms with Crippen molar-refractivity contribution in [3.05, 3.63) is 0 Å². The zero-order chi connectivity index (χ0) is 6.48. The molecule has 2 rings (SSSR count). The summed E-state index contributed by atoms with van der Waals surface area (Å²) in [5, 5.41) is 9.26. The Bertz CT molecular complexity index is 135. The number of fused-ring (bicyclic) bond motifs is 1. The van der Waals surface area contributed by atoms with Crippen molar-refractivity contribution in [2.45, 2.75) is 44.0 Å². The van der Waals surface area contributed by atoms with E-state index in [0.717, 1.165) is 19.3 Å². The quantitative estimate of drug-likeness (QED) is 0.487. The molecule has 0 aromatic rings. The van der Waals surface area contributed by atoms with Crippen LogP contribution in [0, 0.1) is 0 Å². The minimum Gasteiger partial charge on any atom is -0.390 e. The summed E-state index contributed by atoms with van der Waals surface area (Å²) >= 11 is 0. The molecule has 1 saturated carbocycles. The maximum absolute atomic E-state index is 9.26. The number of aliphatic hydroxyl groups is 1. The van der Waals surface area contributed by atoms with Gasteiger partial charge in [-0.1, -0.05) is 0 Å². The van der Waals surface area contributed by atoms with Crippen LogP contribution in [0.15, 0.2) is 0 Å². The highest BCUT2D eigenvalue weighted by atomic mass is 16.6. The second-order valence-electron chi connectivity index (χ2n) is 3.31. The third-order valence-corrected chi connectivity index (χ3v) is 2.46. The van der Waals surface area contributed by atoms with Gasteiger partial charge in [-0.05, 0) is 26.2 Å². The van der Waals surface area contributed by atoms with E-state index >= 15 is 0 Å². The molecule has 1 N–H and O–H groups in total. The fourth-order valence-corrected chi connectivity index (χ4v) is 1.76. The summed E-state index contributed by atoms with van der Waals surface area (Å²) in [7, 11) is 0. The van der Waals surface area contributed by atoms with E-state index in [1.807, 2.05) is 0 Å². The molecule has 2 aliphatic rings. The fourth-order valence-electron chi connectivity index (χ4n) is 1.76. The SMILES string of the molecule is C[C@@]12CCC[C@H](O)[C@@H]1O2. The average Bonchev–Trinajstić information content (AvgIpc) is 2.43. The highest BCUT2D eigenvalue weighted by Gasteiger charge is 2.57. The average molecular weight is 128 g/mol. The van der Waals surface area contributed by atoms with Crippen molar-refractivity contribution in [2.24, 2.45) is 0 Å². The Morgan fingerprint density at radius 2 is 2.44 bits per heavy atom. The third-order valence-electron chi connectivity index (χ3n) is 2.46. The Morgan fingerprint density at radius 1 is 1.67 bits per heavy atom. The standard InChI is InChI=1S/C7H12O2/c1-7-4-2-3-5(8)6(7)9-7/h5-6,8H,2-4H2,1H3/t5-,6-,7+/m0/s1. The number of rotatable bonds is 0. The summed E-state index contributed by atoms with van der Waals surface area (Å²) in [4.78, 5) is 0. The fraction of sp³-hybridized carbons (Fsp3) is 1.00. The van der Waals surface area contributed by atoms with Gasteiger partial charge in [0.1, 0.15) is 6.10 Å². The van der Waals surface area contributed by atoms with Crippen molar-refractivity contribution in [1.82, 2.24) is 0 Å². The molecule has 0 radical (unpaired) electrons. The molecule has 1 aliphatic heterocycles. The highest BCUT2D eigenvalue weighted by molar-refractivity contribution is 5.05. The molecule has 1 aliphatic carbocycles. The minimum absolute atomic E-state index is 0.0671. The highest BCUT2D eigenvalue weighted by Crippen LogP contribution is 2.47.